The first-order valence-electron chi connectivity index (χ1n) is 6.32. The average molecular weight is 254 g/mol. The van der Waals surface area contributed by atoms with Crippen molar-refractivity contribution in [3.05, 3.63) is 28.8 Å². The van der Waals surface area contributed by atoms with Gasteiger partial charge in [-0.15, -0.1) is 0 Å². The third kappa shape index (κ3) is 3.62. The van der Waals surface area contributed by atoms with Gasteiger partial charge in [-0.1, -0.05) is 11.6 Å². The molecule has 1 aliphatic heterocycles. The lowest BCUT2D eigenvalue weighted by molar-refractivity contribution is 0.351. The predicted molar refractivity (Wildman–Crippen MR) is 71.9 cm³/mol. The fourth-order valence-corrected chi connectivity index (χ4v) is 2.67. The van der Waals surface area contributed by atoms with Gasteiger partial charge in [0.15, 0.2) is 0 Å². The molecule has 1 heterocycles. The molecule has 2 nitrogen and oxygen atoms in total. The third-order valence-electron chi connectivity index (χ3n) is 3.52. The normalized spacial score (nSPS) is 17.1. The SMILES string of the molecule is COc1ccc(Cl)cc1CCC1CCNCC1. The summed E-state index contributed by atoms with van der Waals surface area (Å²) in [6.07, 6.45) is 4.89. The van der Waals surface area contributed by atoms with Gasteiger partial charge in [0.25, 0.3) is 0 Å². The highest BCUT2D eigenvalue weighted by atomic mass is 35.5. The summed E-state index contributed by atoms with van der Waals surface area (Å²) < 4.78 is 5.37. The Morgan fingerprint density at radius 3 is 2.82 bits per heavy atom. The summed E-state index contributed by atoms with van der Waals surface area (Å²) in [5.41, 5.74) is 1.23. The predicted octanol–water partition coefficient (Wildman–Crippen LogP) is 3.28. The second-order valence-electron chi connectivity index (χ2n) is 4.69. The quantitative estimate of drug-likeness (QED) is 0.889. The number of rotatable bonds is 4. The van der Waals surface area contributed by atoms with E-state index in [1.165, 1.54) is 24.8 Å². The molecular weight excluding hydrogens is 234 g/mol. The summed E-state index contributed by atoms with van der Waals surface area (Å²) >= 11 is 6.03. The molecule has 0 aliphatic carbocycles. The molecule has 0 bridgehead atoms. The Morgan fingerprint density at radius 1 is 1.35 bits per heavy atom. The highest BCUT2D eigenvalue weighted by Crippen LogP contribution is 2.26. The van der Waals surface area contributed by atoms with Crippen LogP contribution >= 0.6 is 11.6 Å². The molecule has 0 unspecified atom stereocenters. The van der Waals surface area contributed by atoms with Crippen LogP contribution in [0.4, 0.5) is 0 Å². The van der Waals surface area contributed by atoms with Crippen LogP contribution in [0.15, 0.2) is 18.2 Å². The zero-order valence-corrected chi connectivity index (χ0v) is 11.1. The first-order chi connectivity index (χ1) is 8.29. The molecule has 1 aromatic rings. The molecule has 0 atom stereocenters. The Labute approximate surface area is 108 Å². The summed E-state index contributed by atoms with van der Waals surface area (Å²) in [4.78, 5) is 0. The second-order valence-corrected chi connectivity index (χ2v) is 5.12. The number of ether oxygens (including phenoxy) is 1. The summed E-state index contributed by atoms with van der Waals surface area (Å²) in [5.74, 6) is 1.81. The van der Waals surface area contributed by atoms with E-state index in [9.17, 15) is 0 Å². The Morgan fingerprint density at radius 2 is 2.12 bits per heavy atom. The van der Waals surface area contributed by atoms with Crippen molar-refractivity contribution in [1.82, 2.24) is 5.32 Å². The van der Waals surface area contributed by atoms with E-state index in [4.69, 9.17) is 16.3 Å². The van der Waals surface area contributed by atoms with Gasteiger partial charge in [-0.25, -0.2) is 0 Å². The van der Waals surface area contributed by atoms with Gasteiger partial charge in [0.2, 0.25) is 0 Å². The number of hydrogen-bond acceptors (Lipinski definition) is 2. The van der Waals surface area contributed by atoms with Gasteiger partial charge in [0.1, 0.15) is 5.75 Å². The Kier molecular flexibility index (Phi) is 4.69. The van der Waals surface area contributed by atoms with E-state index < -0.39 is 0 Å². The van der Waals surface area contributed by atoms with Gasteiger partial charge in [0.05, 0.1) is 7.11 Å². The van der Waals surface area contributed by atoms with Gasteiger partial charge < -0.3 is 10.1 Å². The molecule has 1 saturated heterocycles. The van der Waals surface area contributed by atoms with E-state index in [1.54, 1.807) is 7.11 Å². The van der Waals surface area contributed by atoms with Gasteiger partial charge in [-0.05, 0) is 68.5 Å². The molecule has 0 radical (unpaired) electrons. The van der Waals surface area contributed by atoms with Crippen molar-refractivity contribution in [3.63, 3.8) is 0 Å². The highest BCUT2D eigenvalue weighted by molar-refractivity contribution is 6.30. The van der Waals surface area contributed by atoms with Gasteiger partial charge >= 0.3 is 0 Å². The minimum absolute atomic E-state index is 0.797. The van der Waals surface area contributed by atoms with Crippen LogP contribution in [0.2, 0.25) is 5.02 Å². The summed E-state index contributed by atoms with van der Waals surface area (Å²) in [6.45, 7) is 2.33. The van der Waals surface area contributed by atoms with Crippen LogP contribution in [-0.4, -0.2) is 20.2 Å². The fourth-order valence-electron chi connectivity index (χ4n) is 2.47. The standard InChI is InChI=1S/C14H20ClNO/c1-17-14-5-4-13(15)10-12(14)3-2-11-6-8-16-9-7-11/h4-5,10-11,16H,2-3,6-9H2,1H3. The van der Waals surface area contributed by atoms with Crippen LogP contribution in [0.3, 0.4) is 0 Å². The molecule has 1 aromatic carbocycles. The maximum Gasteiger partial charge on any atom is 0.122 e. The Bertz CT molecular complexity index is 361. The maximum absolute atomic E-state index is 6.03. The zero-order chi connectivity index (χ0) is 12.1. The average Bonchev–Trinajstić information content (AvgIpc) is 2.38. The number of halogens is 1. The van der Waals surface area contributed by atoms with E-state index in [0.29, 0.717) is 0 Å². The van der Waals surface area contributed by atoms with Crippen LogP contribution in [-0.2, 0) is 6.42 Å². The van der Waals surface area contributed by atoms with E-state index in [-0.39, 0.29) is 0 Å². The fraction of sp³-hybridized carbons (Fsp3) is 0.571. The molecule has 0 saturated carbocycles. The van der Waals surface area contributed by atoms with E-state index in [2.05, 4.69) is 5.32 Å². The number of nitrogens with one attached hydrogen (secondary N) is 1. The summed E-state index contributed by atoms with van der Waals surface area (Å²) in [7, 11) is 1.72. The molecule has 0 amide bonds. The van der Waals surface area contributed by atoms with Crippen LogP contribution in [0, 0.1) is 5.92 Å². The van der Waals surface area contributed by atoms with Gasteiger partial charge in [-0.3, -0.25) is 0 Å². The van der Waals surface area contributed by atoms with Crippen molar-refractivity contribution in [3.8, 4) is 5.75 Å². The van der Waals surface area contributed by atoms with Crippen molar-refractivity contribution in [2.24, 2.45) is 5.92 Å². The lowest BCUT2D eigenvalue weighted by atomic mass is 9.91. The molecule has 0 aromatic heterocycles. The highest BCUT2D eigenvalue weighted by Gasteiger charge is 2.14. The van der Waals surface area contributed by atoms with Crippen LogP contribution in [0.5, 0.6) is 5.75 Å². The molecule has 1 N–H and O–H groups in total. The van der Waals surface area contributed by atoms with E-state index >= 15 is 0 Å². The minimum Gasteiger partial charge on any atom is -0.496 e. The molecule has 1 fully saturated rings. The third-order valence-corrected chi connectivity index (χ3v) is 3.76. The van der Waals surface area contributed by atoms with Gasteiger partial charge in [0, 0.05) is 5.02 Å². The molecule has 2 rings (SSSR count). The number of hydrogen-bond donors (Lipinski definition) is 1. The number of aryl methyl sites for hydroxylation is 1. The molecule has 94 valence electrons. The summed E-state index contributed by atoms with van der Waals surface area (Å²) in [6, 6.07) is 5.87. The Hall–Kier alpha value is -0.730. The molecule has 17 heavy (non-hydrogen) atoms. The number of benzene rings is 1. The van der Waals surface area contributed by atoms with Crippen molar-refractivity contribution < 1.29 is 4.74 Å². The van der Waals surface area contributed by atoms with Crippen molar-refractivity contribution in [1.29, 1.82) is 0 Å². The first-order valence-corrected chi connectivity index (χ1v) is 6.70. The second kappa shape index (κ2) is 6.27. The zero-order valence-electron chi connectivity index (χ0n) is 10.3. The van der Waals surface area contributed by atoms with E-state index in [0.717, 1.165) is 36.2 Å². The van der Waals surface area contributed by atoms with Crippen molar-refractivity contribution in [2.45, 2.75) is 25.7 Å². The van der Waals surface area contributed by atoms with Crippen molar-refractivity contribution >= 4 is 11.6 Å². The maximum atomic E-state index is 6.03. The lowest BCUT2D eigenvalue weighted by Crippen LogP contribution is -2.27. The van der Waals surface area contributed by atoms with Crippen LogP contribution in [0.25, 0.3) is 0 Å². The topological polar surface area (TPSA) is 21.3 Å². The first kappa shape index (κ1) is 12.7. The lowest BCUT2D eigenvalue weighted by Gasteiger charge is -2.22. The van der Waals surface area contributed by atoms with Gasteiger partial charge in [-0.2, -0.15) is 0 Å². The monoisotopic (exact) mass is 253 g/mol. The molecular formula is C14H20ClNO. The van der Waals surface area contributed by atoms with E-state index in [1.807, 2.05) is 18.2 Å². The molecule has 3 heteroatoms. The largest absolute Gasteiger partial charge is 0.496 e. The number of methoxy groups -OCH3 is 1. The van der Waals surface area contributed by atoms with Crippen molar-refractivity contribution in [2.75, 3.05) is 20.2 Å². The van der Waals surface area contributed by atoms with Crippen LogP contribution < -0.4 is 10.1 Å². The van der Waals surface area contributed by atoms with Crippen LogP contribution in [0.1, 0.15) is 24.8 Å². The molecule has 1 aliphatic rings. The minimum atomic E-state index is 0.797. The number of piperidine rings is 1. The molecule has 0 spiro atoms. The Balaban J connectivity index is 1.95. The summed E-state index contributed by atoms with van der Waals surface area (Å²) in [5, 5.41) is 4.20. The smallest absolute Gasteiger partial charge is 0.122 e.